The van der Waals surface area contributed by atoms with Crippen LogP contribution in [0.2, 0.25) is 5.28 Å². The van der Waals surface area contributed by atoms with E-state index in [1.807, 2.05) is 62.9 Å². The molecule has 2 aliphatic rings. The Kier molecular flexibility index (Phi) is 5.90. The molecule has 2 bridgehead atoms. The molecule has 9 heteroatoms. The fraction of sp³-hybridized carbons (Fsp3) is 0.379. The molecule has 0 radical (unpaired) electrons. The van der Waals surface area contributed by atoms with Gasteiger partial charge in [0, 0.05) is 24.8 Å². The van der Waals surface area contributed by atoms with Crippen molar-refractivity contribution in [1.82, 2.24) is 19.9 Å². The van der Waals surface area contributed by atoms with Crippen molar-refractivity contribution in [1.29, 1.82) is 0 Å². The Hall–Kier alpha value is -3.52. The van der Waals surface area contributed by atoms with Crippen LogP contribution in [0.25, 0.3) is 32.9 Å². The van der Waals surface area contributed by atoms with Crippen LogP contribution in [0.5, 0.6) is 0 Å². The van der Waals surface area contributed by atoms with Gasteiger partial charge in [-0.15, -0.1) is 0 Å². The van der Waals surface area contributed by atoms with Crippen molar-refractivity contribution in [3.8, 4) is 11.3 Å². The maximum Gasteiger partial charge on any atom is 0.410 e. The first kappa shape index (κ1) is 24.8. The molecule has 2 saturated heterocycles. The van der Waals surface area contributed by atoms with Gasteiger partial charge in [0.05, 0.1) is 17.5 Å². The number of ether oxygens (including phenoxy) is 1. The van der Waals surface area contributed by atoms with E-state index in [1.165, 1.54) is 0 Å². The lowest BCUT2D eigenvalue weighted by atomic mass is 9.98. The van der Waals surface area contributed by atoms with Gasteiger partial charge in [-0.05, 0) is 74.5 Å². The van der Waals surface area contributed by atoms with Gasteiger partial charge in [0.2, 0.25) is 5.28 Å². The standard InChI is InChI=1S/C29H29ClFN5O2/c1-16-11-17-7-5-6-8-20(17)21(12-16)24-23(31)25-22(13-32-24)26(34-27(30)33-25)35-14-18-9-10-19(15-35)36(18)28(37)38-29(2,3)4/h5-8,11-13,18-19H,9-10,14-15H2,1-4H3. The first-order valence-corrected chi connectivity index (χ1v) is 13.2. The topological polar surface area (TPSA) is 71.5 Å². The monoisotopic (exact) mass is 533 g/mol. The van der Waals surface area contributed by atoms with Crippen molar-refractivity contribution in [2.75, 3.05) is 18.0 Å². The highest BCUT2D eigenvalue weighted by Crippen LogP contribution is 2.38. The minimum Gasteiger partial charge on any atom is -0.444 e. The lowest BCUT2D eigenvalue weighted by molar-refractivity contribution is 0.0123. The number of pyridine rings is 1. The van der Waals surface area contributed by atoms with Crippen LogP contribution in [-0.4, -0.2) is 56.7 Å². The number of hydrogen-bond acceptors (Lipinski definition) is 6. The zero-order chi connectivity index (χ0) is 26.8. The molecular formula is C29H29ClFN5O2. The summed E-state index contributed by atoms with van der Waals surface area (Å²) in [4.78, 5) is 30.2. The Labute approximate surface area is 225 Å². The van der Waals surface area contributed by atoms with E-state index in [0.29, 0.717) is 29.9 Å². The summed E-state index contributed by atoms with van der Waals surface area (Å²) in [5, 5.41) is 2.40. The molecule has 2 atom stereocenters. The average molecular weight is 534 g/mol. The molecule has 2 aromatic heterocycles. The number of aromatic nitrogens is 3. The van der Waals surface area contributed by atoms with Crippen molar-refractivity contribution in [3.05, 3.63) is 59.3 Å². The number of carbonyl (C=O) groups excluding carboxylic acids is 1. The van der Waals surface area contributed by atoms with Gasteiger partial charge in [-0.1, -0.05) is 30.3 Å². The second-order valence-corrected chi connectivity index (χ2v) is 11.5. The first-order chi connectivity index (χ1) is 18.1. The van der Waals surface area contributed by atoms with Gasteiger partial charge in [-0.2, -0.15) is 4.98 Å². The van der Waals surface area contributed by atoms with Crippen LogP contribution in [0.3, 0.4) is 0 Å². The molecule has 196 valence electrons. The normalized spacial score (nSPS) is 19.4. The molecule has 2 aliphatic heterocycles. The fourth-order valence-electron chi connectivity index (χ4n) is 5.79. The van der Waals surface area contributed by atoms with Crippen LogP contribution in [0.4, 0.5) is 15.0 Å². The molecule has 4 aromatic rings. The van der Waals surface area contributed by atoms with Crippen molar-refractivity contribution < 1.29 is 13.9 Å². The molecule has 2 aromatic carbocycles. The molecule has 38 heavy (non-hydrogen) atoms. The van der Waals surface area contributed by atoms with Crippen molar-refractivity contribution in [2.24, 2.45) is 0 Å². The zero-order valence-electron chi connectivity index (χ0n) is 21.8. The van der Waals surface area contributed by atoms with Crippen molar-refractivity contribution in [2.45, 2.75) is 58.2 Å². The molecule has 6 rings (SSSR count). The summed E-state index contributed by atoms with van der Waals surface area (Å²) in [6.07, 6.45) is 3.08. The Morgan fingerprint density at radius 2 is 1.79 bits per heavy atom. The van der Waals surface area contributed by atoms with E-state index in [4.69, 9.17) is 16.3 Å². The summed E-state index contributed by atoms with van der Waals surface area (Å²) in [6, 6.07) is 11.8. The lowest BCUT2D eigenvalue weighted by Gasteiger charge is -2.42. The minimum atomic E-state index is -0.562. The van der Waals surface area contributed by atoms with Gasteiger partial charge in [0.1, 0.15) is 22.6 Å². The Morgan fingerprint density at radius 1 is 1.08 bits per heavy atom. The van der Waals surface area contributed by atoms with E-state index in [0.717, 1.165) is 29.2 Å². The van der Waals surface area contributed by atoms with Gasteiger partial charge in [0.15, 0.2) is 5.82 Å². The number of amides is 1. The van der Waals surface area contributed by atoms with Crippen LogP contribution in [0.1, 0.15) is 39.2 Å². The predicted molar refractivity (Wildman–Crippen MR) is 147 cm³/mol. The Morgan fingerprint density at radius 3 is 2.50 bits per heavy atom. The third-order valence-corrected chi connectivity index (χ3v) is 7.45. The number of nitrogens with zero attached hydrogens (tertiary/aromatic N) is 5. The van der Waals surface area contributed by atoms with Crippen molar-refractivity contribution >= 4 is 45.2 Å². The molecular weight excluding hydrogens is 505 g/mol. The molecule has 7 nitrogen and oxygen atoms in total. The molecule has 0 N–H and O–H groups in total. The van der Waals surface area contributed by atoms with Gasteiger partial charge in [-0.25, -0.2) is 14.2 Å². The Balaban J connectivity index is 1.39. The number of piperazine rings is 1. The van der Waals surface area contributed by atoms with Gasteiger partial charge in [0.25, 0.3) is 0 Å². The number of halogens is 2. The minimum absolute atomic E-state index is 0.0249. The lowest BCUT2D eigenvalue weighted by Crippen LogP contribution is -2.57. The van der Waals surface area contributed by atoms with E-state index in [2.05, 4.69) is 25.9 Å². The number of hydrogen-bond donors (Lipinski definition) is 0. The summed E-state index contributed by atoms with van der Waals surface area (Å²) >= 11 is 6.35. The molecule has 0 saturated carbocycles. The SMILES string of the molecule is Cc1cc(-c2ncc3c(N4CC5CCC(C4)N5C(=O)OC(C)(C)C)nc(Cl)nc3c2F)c2ccccc2c1. The van der Waals surface area contributed by atoms with E-state index >= 15 is 4.39 Å². The second kappa shape index (κ2) is 9.05. The molecule has 4 heterocycles. The van der Waals surface area contributed by atoms with Crippen LogP contribution < -0.4 is 4.90 Å². The number of aryl methyl sites for hydroxylation is 1. The maximum absolute atomic E-state index is 16.1. The average Bonchev–Trinajstić information content (AvgIpc) is 3.12. The molecule has 1 amide bonds. The predicted octanol–water partition coefficient (Wildman–Crippen LogP) is 6.53. The summed E-state index contributed by atoms with van der Waals surface area (Å²) < 4.78 is 21.8. The summed E-state index contributed by atoms with van der Waals surface area (Å²) in [5.41, 5.74) is 1.53. The number of rotatable bonds is 2. The quantitative estimate of drug-likeness (QED) is 0.273. The molecule has 2 fully saturated rings. The highest BCUT2D eigenvalue weighted by atomic mass is 35.5. The van der Waals surface area contributed by atoms with Gasteiger partial charge >= 0.3 is 6.09 Å². The van der Waals surface area contributed by atoms with Crippen LogP contribution in [-0.2, 0) is 4.74 Å². The largest absolute Gasteiger partial charge is 0.444 e. The maximum atomic E-state index is 16.1. The fourth-order valence-corrected chi connectivity index (χ4v) is 5.95. The number of anilines is 1. The molecule has 2 unspecified atom stereocenters. The summed E-state index contributed by atoms with van der Waals surface area (Å²) in [7, 11) is 0. The number of carbonyl (C=O) groups is 1. The highest BCUT2D eigenvalue weighted by molar-refractivity contribution is 6.28. The highest BCUT2D eigenvalue weighted by Gasteiger charge is 2.45. The zero-order valence-corrected chi connectivity index (χ0v) is 22.6. The van der Waals surface area contributed by atoms with E-state index in [9.17, 15) is 4.79 Å². The number of fused-ring (bicyclic) bond motifs is 4. The summed E-state index contributed by atoms with van der Waals surface area (Å²) in [6.45, 7) is 8.68. The molecule has 0 aliphatic carbocycles. The van der Waals surface area contributed by atoms with Gasteiger partial charge in [-0.3, -0.25) is 9.88 Å². The second-order valence-electron chi connectivity index (χ2n) is 11.2. The van der Waals surface area contributed by atoms with E-state index in [-0.39, 0.29) is 34.7 Å². The third-order valence-electron chi connectivity index (χ3n) is 7.28. The summed E-state index contributed by atoms with van der Waals surface area (Å²) in [5.74, 6) is 0.00644. The first-order valence-electron chi connectivity index (χ1n) is 12.9. The van der Waals surface area contributed by atoms with Crippen LogP contribution in [0, 0.1) is 12.7 Å². The molecule has 0 spiro atoms. The van der Waals surface area contributed by atoms with Crippen LogP contribution >= 0.6 is 11.6 Å². The smallest absolute Gasteiger partial charge is 0.410 e. The Bertz CT molecular complexity index is 1570. The van der Waals surface area contributed by atoms with E-state index < -0.39 is 11.4 Å². The van der Waals surface area contributed by atoms with Crippen molar-refractivity contribution in [3.63, 3.8) is 0 Å². The number of benzene rings is 2. The van der Waals surface area contributed by atoms with E-state index in [1.54, 1.807) is 6.20 Å². The van der Waals surface area contributed by atoms with Gasteiger partial charge < -0.3 is 9.64 Å². The van der Waals surface area contributed by atoms with Crippen LogP contribution in [0.15, 0.2) is 42.6 Å². The third kappa shape index (κ3) is 4.30.